The average molecular weight is 309 g/mol. The molecule has 0 saturated heterocycles. The Labute approximate surface area is 127 Å². The fraction of sp³-hybridized carbons (Fsp3) is 0.214. The van der Waals surface area contributed by atoms with Crippen LogP contribution in [0.2, 0.25) is 10.0 Å². The molecule has 0 spiro atoms. The van der Waals surface area contributed by atoms with Crippen LogP contribution in [0.1, 0.15) is 17.0 Å². The number of nitrogens with one attached hydrogen (secondary N) is 2. The van der Waals surface area contributed by atoms with Gasteiger partial charge in [0.2, 0.25) is 0 Å². The number of halogens is 2. The zero-order chi connectivity index (χ0) is 14.1. The standard InChI is InChI=1S/C14H14Cl2N4/c15-11-6-12(16)14(20-17)19-13(11)18-7-9-5-8-3-1-2-4-10(8)9/h1-4,6,9H,5,7,17H2,(H2,18,19,20). The predicted octanol–water partition coefficient (Wildman–Crippen LogP) is 3.43. The van der Waals surface area contributed by atoms with E-state index in [-0.39, 0.29) is 0 Å². The summed E-state index contributed by atoms with van der Waals surface area (Å²) in [6.07, 6.45) is 1.08. The van der Waals surface area contributed by atoms with E-state index in [1.165, 1.54) is 11.1 Å². The van der Waals surface area contributed by atoms with Crippen LogP contribution in [-0.4, -0.2) is 11.5 Å². The van der Waals surface area contributed by atoms with Crippen molar-refractivity contribution in [2.24, 2.45) is 5.84 Å². The predicted molar refractivity (Wildman–Crippen MR) is 83.4 cm³/mol. The number of nitrogen functional groups attached to an aromatic ring is 1. The molecule has 0 bridgehead atoms. The van der Waals surface area contributed by atoms with Crippen molar-refractivity contribution in [1.82, 2.24) is 4.98 Å². The molecule has 20 heavy (non-hydrogen) atoms. The Bertz CT molecular complexity index is 645. The minimum Gasteiger partial charge on any atom is -0.368 e. The quantitative estimate of drug-likeness (QED) is 0.598. The Morgan fingerprint density at radius 2 is 1.95 bits per heavy atom. The number of rotatable bonds is 4. The second-order valence-corrected chi connectivity index (χ2v) is 5.59. The number of anilines is 2. The molecule has 4 N–H and O–H groups in total. The van der Waals surface area contributed by atoms with Gasteiger partial charge in [-0.1, -0.05) is 47.5 Å². The maximum Gasteiger partial charge on any atom is 0.161 e. The second-order valence-electron chi connectivity index (χ2n) is 4.77. The molecule has 1 aliphatic rings. The van der Waals surface area contributed by atoms with E-state index in [0.29, 0.717) is 27.6 Å². The average Bonchev–Trinajstić information content (AvgIpc) is 2.42. The fourth-order valence-corrected chi connectivity index (χ4v) is 2.94. The van der Waals surface area contributed by atoms with Crippen LogP contribution in [0.5, 0.6) is 0 Å². The van der Waals surface area contributed by atoms with Crippen molar-refractivity contribution in [2.75, 3.05) is 17.3 Å². The molecule has 0 amide bonds. The van der Waals surface area contributed by atoms with Crippen LogP contribution in [0.25, 0.3) is 0 Å². The van der Waals surface area contributed by atoms with Crippen LogP contribution in [0.4, 0.5) is 11.6 Å². The van der Waals surface area contributed by atoms with Gasteiger partial charge in [-0.05, 0) is 23.6 Å². The molecule has 4 nitrogen and oxygen atoms in total. The summed E-state index contributed by atoms with van der Waals surface area (Å²) < 4.78 is 0. The number of nitrogens with zero attached hydrogens (tertiary/aromatic N) is 1. The van der Waals surface area contributed by atoms with Crippen LogP contribution in [0.3, 0.4) is 0 Å². The molecule has 1 unspecified atom stereocenters. The van der Waals surface area contributed by atoms with Gasteiger partial charge in [0.15, 0.2) is 5.82 Å². The molecule has 0 saturated carbocycles. The van der Waals surface area contributed by atoms with Crippen molar-refractivity contribution in [1.29, 1.82) is 0 Å². The molecule has 1 aliphatic carbocycles. The molecule has 0 radical (unpaired) electrons. The van der Waals surface area contributed by atoms with Gasteiger partial charge in [-0.2, -0.15) is 0 Å². The van der Waals surface area contributed by atoms with Gasteiger partial charge in [-0.15, -0.1) is 0 Å². The Morgan fingerprint density at radius 1 is 1.20 bits per heavy atom. The van der Waals surface area contributed by atoms with E-state index in [4.69, 9.17) is 29.0 Å². The largest absolute Gasteiger partial charge is 0.368 e. The second kappa shape index (κ2) is 5.48. The van der Waals surface area contributed by atoms with Crippen LogP contribution in [0, 0.1) is 0 Å². The number of hydrogen-bond donors (Lipinski definition) is 3. The summed E-state index contributed by atoms with van der Waals surface area (Å²) in [6.45, 7) is 0.787. The maximum atomic E-state index is 6.13. The molecule has 1 aromatic heterocycles. The lowest BCUT2D eigenvalue weighted by Gasteiger charge is -2.30. The highest BCUT2D eigenvalue weighted by Crippen LogP contribution is 2.35. The van der Waals surface area contributed by atoms with Gasteiger partial charge in [0.1, 0.15) is 5.82 Å². The van der Waals surface area contributed by atoms with E-state index >= 15 is 0 Å². The van der Waals surface area contributed by atoms with Gasteiger partial charge in [0.25, 0.3) is 0 Å². The molecule has 6 heteroatoms. The molecular weight excluding hydrogens is 295 g/mol. The molecule has 1 heterocycles. The first kappa shape index (κ1) is 13.5. The zero-order valence-corrected chi connectivity index (χ0v) is 12.2. The van der Waals surface area contributed by atoms with Gasteiger partial charge in [0.05, 0.1) is 10.0 Å². The van der Waals surface area contributed by atoms with E-state index in [9.17, 15) is 0 Å². The van der Waals surface area contributed by atoms with Crippen LogP contribution in [-0.2, 0) is 6.42 Å². The smallest absolute Gasteiger partial charge is 0.161 e. The van der Waals surface area contributed by atoms with Crippen LogP contribution in [0.15, 0.2) is 30.3 Å². The summed E-state index contributed by atoms with van der Waals surface area (Å²) in [5, 5.41) is 4.15. The lowest BCUT2D eigenvalue weighted by atomic mass is 9.77. The Morgan fingerprint density at radius 3 is 2.70 bits per heavy atom. The zero-order valence-electron chi connectivity index (χ0n) is 10.7. The summed E-state index contributed by atoms with van der Waals surface area (Å²) in [4.78, 5) is 4.27. The highest BCUT2D eigenvalue weighted by atomic mass is 35.5. The van der Waals surface area contributed by atoms with Crippen molar-refractivity contribution in [2.45, 2.75) is 12.3 Å². The van der Waals surface area contributed by atoms with Crippen molar-refractivity contribution in [3.05, 3.63) is 51.5 Å². The van der Waals surface area contributed by atoms with Gasteiger partial charge < -0.3 is 10.7 Å². The summed E-state index contributed by atoms with van der Waals surface area (Å²) in [5.41, 5.74) is 5.26. The fourth-order valence-electron chi connectivity index (χ4n) is 2.46. The number of fused-ring (bicyclic) bond motifs is 1. The number of pyridine rings is 1. The normalized spacial score (nSPS) is 16.2. The minimum atomic E-state index is 0.400. The molecule has 104 valence electrons. The van der Waals surface area contributed by atoms with Gasteiger partial charge >= 0.3 is 0 Å². The third-order valence-corrected chi connectivity index (χ3v) is 4.12. The molecule has 2 aromatic rings. The first-order valence-corrected chi connectivity index (χ1v) is 7.09. The topological polar surface area (TPSA) is 63.0 Å². The van der Waals surface area contributed by atoms with E-state index < -0.39 is 0 Å². The lowest BCUT2D eigenvalue weighted by molar-refractivity contribution is 0.635. The molecule has 0 fully saturated rings. The lowest BCUT2D eigenvalue weighted by Crippen LogP contribution is -2.24. The third kappa shape index (κ3) is 2.42. The number of hydrazine groups is 1. The Kier molecular flexibility index (Phi) is 3.70. The van der Waals surface area contributed by atoms with E-state index in [0.717, 1.165) is 13.0 Å². The number of aromatic nitrogens is 1. The minimum absolute atomic E-state index is 0.400. The van der Waals surface area contributed by atoms with Crippen molar-refractivity contribution in [3.63, 3.8) is 0 Å². The molecule has 1 atom stereocenters. The third-order valence-electron chi connectivity index (χ3n) is 3.54. The Balaban J connectivity index is 1.71. The number of benzene rings is 1. The first-order chi connectivity index (χ1) is 9.69. The number of hydrogen-bond acceptors (Lipinski definition) is 4. The van der Waals surface area contributed by atoms with Crippen LogP contribution < -0.4 is 16.6 Å². The highest BCUT2D eigenvalue weighted by Gasteiger charge is 2.25. The monoisotopic (exact) mass is 308 g/mol. The maximum absolute atomic E-state index is 6.13. The summed E-state index contributed by atoms with van der Waals surface area (Å²) in [7, 11) is 0. The van der Waals surface area contributed by atoms with Crippen LogP contribution >= 0.6 is 23.2 Å². The number of nitrogens with two attached hydrogens (primary N) is 1. The van der Waals surface area contributed by atoms with E-state index in [2.05, 4.69) is 40.0 Å². The summed E-state index contributed by atoms with van der Waals surface area (Å²) in [6, 6.07) is 10.1. The molecular formula is C14H14Cl2N4. The Hall–Kier alpha value is -1.49. The highest BCUT2D eigenvalue weighted by molar-refractivity contribution is 6.37. The van der Waals surface area contributed by atoms with Crippen molar-refractivity contribution >= 4 is 34.8 Å². The molecule has 3 rings (SSSR count). The van der Waals surface area contributed by atoms with Gasteiger partial charge in [-0.25, -0.2) is 10.8 Å². The van der Waals surface area contributed by atoms with Gasteiger partial charge in [0, 0.05) is 12.5 Å². The molecule has 1 aromatic carbocycles. The van der Waals surface area contributed by atoms with Gasteiger partial charge in [-0.3, -0.25) is 0 Å². The summed E-state index contributed by atoms with van der Waals surface area (Å²) in [5.74, 6) is 6.85. The van der Waals surface area contributed by atoms with Crippen molar-refractivity contribution < 1.29 is 0 Å². The molecule has 0 aliphatic heterocycles. The van der Waals surface area contributed by atoms with E-state index in [1.54, 1.807) is 6.07 Å². The summed E-state index contributed by atoms with van der Waals surface area (Å²) >= 11 is 12.1. The van der Waals surface area contributed by atoms with E-state index in [1.807, 2.05) is 0 Å². The first-order valence-electron chi connectivity index (χ1n) is 6.33. The van der Waals surface area contributed by atoms with Crippen molar-refractivity contribution in [3.8, 4) is 0 Å². The SMILES string of the molecule is NNc1nc(NCC2Cc3ccccc32)c(Cl)cc1Cl.